The van der Waals surface area contributed by atoms with E-state index in [0.29, 0.717) is 21.9 Å². The zero-order valence-electron chi connectivity index (χ0n) is 10.9. The molecule has 0 N–H and O–H groups in total. The van der Waals surface area contributed by atoms with Crippen LogP contribution in [0.3, 0.4) is 0 Å². The molecule has 20 heavy (non-hydrogen) atoms. The maximum absolute atomic E-state index is 10.7. The van der Waals surface area contributed by atoms with E-state index in [-0.39, 0.29) is 18.2 Å². The van der Waals surface area contributed by atoms with Gasteiger partial charge in [0.2, 0.25) is 0 Å². The number of nitro groups is 1. The van der Waals surface area contributed by atoms with Crippen molar-refractivity contribution in [3.63, 3.8) is 0 Å². The van der Waals surface area contributed by atoms with Crippen molar-refractivity contribution in [2.45, 2.75) is 26.4 Å². The smallest absolute Gasteiger partial charge is 0.273 e. The van der Waals surface area contributed by atoms with E-state index >= 15 is 0 Å². The summed E-state index contributed by atoms with van der Waals surface area (Å²) in [6.45, 7) is 3.96. The lowest BCUT2D eigenvalue weighted by atomic mass is 10.2. The van der Waals surface area contributed by atoms with Gasteiger partial charge in [0.25, 0.3) is 11.6 Å². The molecule has 0 spiro atoms. The summed E-state index contributed by atoms with van der Waals surface area (Å²) in [5.41, 5.74) is -0.0448. The summed E-state index contributed by atoms with van der Waals surface area (Å²) < 4.78 is 11.1. The minimum absolute atomic E-state index is 0.0448. The van der Waals surface area contributed by atoms with E-state index in [2.05, 4.69) is 26.1 Å². The van der Waals surface area contributed by atoms with Crippen LogP contribution in [0.4, 0.5) is 5.69 Å². The highest BCUT2D eigenvalue weighted by Gasteiger charge is 2.13. The van der Waals surface area contributed by atoms with Crippen LogP contribution < -0.4 is 4.74 Å². The molecule has 1 aromatic carbocycles. The van der Waals surface area contributed by atoms with Crippen molar-refractivity contribution >= 4 is 21.6 Å². The van der Waals surface area contributed by atoms with Crippen LogP contribution in [0.1, 0.15) is 31.5 Å². The predicted molar refractivity (Wildman–Crippen MR) is 73.5 cm³/mol. The second-order valence-electron chi connectivity index (χ2n) is 4.36. The summed E-state index contributed by atoms with van der Waals surface area (Å²) in [7, 11) is 0. The largest absolute Gasteiger partial charge is 0.482 e. The number of nitrogens with zero attached hydrogens (tertiary/aromatic N) is 3. The Bertz CT molecular complexity index is 627. The number of rotatable bonds is 5. The van der Waals surface area contributed by atoms with Gasteiger partial charge in [-0.25, -0.2) is 0 Å². The number of hydrogen-bond acceptors (Lipinski definition) is 6. The predicted octanol–water partition coefficient (Wildman–Crippen LogP) is 3.44. The molecule has 2 rings (SSSR count). The monoisotopic (exact) mass is 341 g/mol. The number of nitro benzene ring substituents is 1. The van der Waals surface area contributed by atoms with E-state index < -0.39 is 4.92 Å². The molecule has 7 nitrogen and oxygen atoms in total. The van der Waals surface area contributed by atoms with Crippen LogP contribution >= 0.6 is 15.9 Å². The van der Waals surface area contributed by atoms with Crippen LogP contribution in [-0.4, -0.2) is 15.1 Å². The highest BCUT2D eigenvalue weighted by molar-refractivity contribution is 9.10. The zero-order chi connectivity index (χ0) is 14.7. The van der Waals surface area contributed by atoms with Crippen molar-refractivity contribution < 1.29 is 14.2 Å². The SMILES string of the molecule is CC(C)c1noc(COc2cc([N+](=O)[O-])ccc2Br)n1. The Morgan fingerprint density at radius 1 is 1.50 bits per heavy atom. The molecule has 1 aromatic heterocycles. The molecular weight excluding hydrogens is 330 g/mol. The van der Waals surface area contributed by atoms with E-state index in [1.165, 1.54) is 12.1 Å². The summed E-state index contributed by atoms with van der Waals surface area (Å²) in [5, 5.41) is 14.5. The first-order chi connectivity index (χ1) is 9.47. The topological polar surface area (TPSA) is 91.3 Å². The molecule has 0 bridgehead atoms. The van der Waals surface area contributed by atoms with Gasteiger partial charge in [-0.1, -0.05) is 19.0 Å². The van der Waals surface area contributed by atoms with Gasteiger partial charge in [0.05, 0.1) is 15.5 Å². The minimum atomic E-state index is -0.483. The molecule has 0 unspecified atom stereocenters. The fourth-order valence-electron chi connectivity index (χ4n) is 1.42. The summed E-state index contributed by atoms with van der Waals surface area (Å²) in [6.07, 6.45) is 0. The lowest BCUT2D eigenvalue weighted by Crippen LogP contribution is -1.98. The highest BCUT2D eigenvalue weighted by atomic mass is 79.9. The van der Waals surface area contributed by atoms with Crippen molar-refractivity contribution in [3.8, 4) is 5.75 Å². The molecule has 0 aliphatic carbocycles. The van der Waals surface area contributed by atoms with Crippen molar-refractivity contribution in [2.75, 3.05) is 0 Å². The molecule has 0 saturated carbocycles. The standard InChI is InChI=1S/C12H12BrN3O4/c1-7(2)12-14-11(20-15-12)6-19-10-5-8(16(17)18)3-4-9(10)13/h3-5,7H,6H2,1-2H3. The van der Waals surface area contributed by atoms with Crippen LogP contribution in [0.2, 0.25) is 0 Å². The van der Waals surface area contributed by atoms with Crippen LogP contribution in [0.5, 0.6) is 5.75 Å². The van der Waals surface area contributed by atoms with E-state index in [1.807, 2.05) is 13.8 Å². The van der Waals surface area contributed by atoms with E-state index in [1.54, 1.807) is 6.07 Å². The van der Waals surface area contributed by atoms with Crippen LogP contribution in [0, 0.1) is 10.1 Å². The Hall–Kier alpha value is -1.96. The number of hydrogen-bond donors (Lipinski definition) is 0. The number of halogens is 1. The summed E-state index contributed by atoms with van der Waals surface area (Å²) >= 11 is 3.27. The van der Waals surface area contributed by atoms with Gasteiger partial charge in [0, 0.05) is 12.0 Å². The number of aromatic nitrogens is 2. The molecule has 0 saturated heterocycles. The normalized spacial score (nSPS) is 10.8. The van der Waals surface area contributed by atoms with Crippen LogP contribution in [0.25, 0.3) is 0 Å². The van der Waals surface area contributed by atoms with E-state index in [4.69, 9.17) is 9.26 Å². The first-order valence-corrected chi connectivity index (χ1v) is 6.66. The van der Waals surface area contributed by atoms with Crippen LogP contribution in [-0.2, 0) is 6.61 Å². The molecule has 0 fully saturated rings. The minimum Gasteiger partial charge on any atom is -0.482 e. The lowest BCUT2D eigenvalue weighted by molar-refractivity contribution is -0.385. The van der Waals surface area contributed by atoms with Crippen molar-refractivity contribution in [2.24, 2.45) is 0 Å². The average molecular weight is 342 g/mol. The Kier molecular flexibility index (Phi) is 4.33. The van der Waals surface area contributed by atoms with Gasteiger partial charge < -0.3 is 9.26 Å². The summed E-state index contributed by atoms with van der Waals surface area (Å²) in [4.78, 5) is 14.4. The fourth-order valence-corrected chi connectivity index (χ4v) is 1.78. The number of non-ortho nitro benzene ring substituents is 1. The molecule has 1 heterocycles. The van der Waals surface area contributed by atoms with Gasteiger partial charge in [-0.2, -0.15) is 4.98 Å². The van der Waals surface area contributed by atoms with E-state index in [9.17, 15) is 10.1 Å². The maximum atomic E-state index is 10.7. The molecule has 0 aliphatic heterocycles. The van der Waals surface area contributed by atoms with Gasteiger partial charge in [0.1, 0.15) is 5.75 Å². The zero-order valence-corrected chi connectivity index (χ0v) is 12.5. The lowest BCUT2D eigenvalue weighted by Gasteiger charge is -2.05. The third kappa shape index (κ3) is 3.32. The molecule has 0 atom stereocenters. The van der Waals surface area contributed by atoms with Crippen LogP contribution in [0.15, 0.2) is 27.2 Å². The fraction of sp³-hybridized carbons (Fsp3) is 0.333. The van der Waals surface area contributed by atoms with Gasteiger partial charge >= 0.3 is 0 Å². The van der Waals surface area contributed by atoms with Gasteiger partial charge in [-0.15, -0.1) is 0 Å². The highest BCUT2D eigenvalue weighted by Crippen LogP contribution is 2.29. The third-order valence-electron chi connectivity index (χ3n) is 2.48. The average Bonchev–Trinajstić information content (AvgIpc) is 2.86. The van der Waals surface area contributed by atoms with Gasteiger partial charge in [0.15, 0.2) is 12.4 Å². The molecular formula is C12H12BrN3O4. The molecule has 0 aliphatic rings. The first kappa shape index (κ1) is 14.4. The number of ether oxygens (including phenoxy) is 1. The summed E-state index contributed by atoms with van der Waals surface area (Å²) in [5.74, 6) is 1.44. The second kappa shape index (κ2) is 6.00. The Balaban J connectivity index is 2.09. The van der Waals surface area contributed by atoms with Gasteiger partial charge in [-0.05, 0) is 22.0 Å². The molecule has 0 radical (unpaired) electrons. The maximum Gasteiger partial charge on any atom is 0.273 e. The molecule has 0 amide bonds. The number of benzene rings is 1. The molecule has 8 heteroatoms. The van der Waals surface area contributed by atoms with Crippen molar-refractivity contribution in [1.29, 1.82) is 0 Å². The quantitative estimate of drug-likeness (QED) is 0.611. The second-order valence-corrected chi connectivity index (χ2v) is 5.22. The first-order valence-electron chi connectivity index (χ1n) is 5.86. The van der Waals surface area contributed by atoms with E-state index in [0.717, 1.165) is 0 Å². The summed E-state index contributed by atoms with van der Waals surface area (Å²) in [6, 6.07) is 4.28. The molecule has 106 valence electrons. The van der Waals surface area contributed by atoms with Crippen molar-refractivity contribution in [1.82, 2.24) is 10.1 Å². The van der Waals surface area contributed by atoms with Gasteiger partial charge in [-0.3, -0.25) is 10.1 Å². The Morgan fingerprint density at radius 3 is 2.85 bits per heavy atom. The Labute approximate surface area is 123 Å². The molecule has 2 aromatic rings. The van der Waals surface area contributed by atoms with Crippen molar-refractivity contribution in [3.05, 3.63) is 44.5 Å². The third-order valence-corrected chi connectivity index (χ3v) is 3.13. The Morgan fingerprint density at radius 2 is 2.25 bits per heavy atom.